The smallest absolute Gasteiger partial charge is 0.326 e. The first-order valence-electron chi connectivity index (χ1n) is 4.59. The van der Waals surface area contributed by atoms with Crippen LogP contribution in [0.3, 0.4) is 0 Å². The molecule has 0 aliphatic carbocycles. The van der Waals surface area contributed by atoms with Crippen molar-refractivity contribution in [2.75, 3.05) is 18.6 Å². The van der Waals surface area contributed by atoms with Crippen LogP contribution in [-0.4, -0.2) is 52.3 Å². The molecule has 0 aromatic heterocycles. The molecule has 1 fully saturated rings. The monoisotopic (exact) mass is 231 g/mol. The molecule has 84 valence electrons. The van der Waals surface area contributed by atoms with Crippen LogP contribution in [0.1, 0.15) is 12.8 Å². The summed E-state index contributed by atoms with van der Waals surface area (Å²) in [5.74, 6) is -0.939. The molecule has 1 rings (SSSR count). The first kappa shape index (κ1) is 12.0. The Labute approximate surface area is 91.8 Å². The van der Waals surface area contributed by atoms with Gasteiger partial charge in [0.25, 0.3) is 0 Å². The van der Waals surface area contributed by atoms with E-state index in [0.717, 1.165) is 0 Å². The largest absolute Gasteiger partial charge is 0.480 e. The highest BCUT2D eigenvalue weighted by molar-refractivity contribution is 7.98. The second-order valence-electron chi connectivity index (χ2n) is 3.37. The summed E-state index contributed by atoms with van der Waals surface area (Å²) in [6.07, 6.45) is 2.11. The average molecular weight is 231 g/mol. The Kier molecular flexibility index (Phi) is 4.14. The van der Waals surface area contributed by atoms with Crippen LogP contribution < -0.4 is 0 Å². The van der Waals surface area contributed by atoms with Crippen molar-refractivity contribution in [2.45, 2.75) is 18.9 Å². The Morgan fingerprint density at radius 2 is 2.27 bits per heavy atom. The molecule has 1 aliphatic heterocycles. The van der Waals surface area contributed by atoms with Gasteiger partial charge in [-0.1, -0.05) is 0 Å². The predicted molar refractivity (Wildman–Crippen MR) is 55.8 cm³/mol. The summed E-state index contributed by atoms with van der Waals surface area (Å²) in [6.45, 7) is -0.0514. The lowest BCUT2D eigenvalue weighted by Gasteiger charge is -2.22. The van der Waals surface area contributed by atoms with Crippen molar-refractivity contribution >= 4 is 29.4 Å². The lowest BCUT2D eigenvalue weighted by molar-refractivity contribution is -0.148. The molecule has 1 heterocycles. The van der Waals surface area contributed by atoms with Gasteiger partial charge in [-0.3, -0.25) is 9.59 Å². The SMILES string of the molecule is CSCCC(C(=O)O)N1CC(=O)CC1=O. The van der Waals surface area contributed by atoms with Crippen LogP contribution in [0.5, 0.6) is 0 Å². The number of hydrogen-bond donors (Lipinski definition) is 1. The lowest BCUT2D eigenvalue weighted by atomic mass is 10.2. The number of rotatable bonds is 5. The van der Waals surface area contributed by atoms with Crippen molar-refractivity contribution in [3.8, 4) is 0 Å². The molecule has 1 aliphatic rings. The van der Waals surface area contributed by atoms with Gasteiger partial charge in [0.2, 0.25) is 5.91 Å². The van der Waals surface area contributed by atoms with E-state index in [2.05, 4.69) is 0 Å². The average Bonchev–Trinajstić information content (AvgIpc) is 2.46. The molecular formula is C9H13NO4S. The number of hydrogen-bond acceptors (Lipinski definition) is 4. The maximum absolute atomic E-state index is 11.3. The number of carboxylic acids is 1. The number of aliphatic carboxylic acids is 1. The standard InChI is InChI=1S/C9H13NO4S/c1-15-3-2-7(9(13)14)10-5-6(11)4-8(10)12/h7H,2-5H2,1H3,(H,13,14). The summed E-state index contributed by atoms with van der Waals surface area (Å²) in [4.78, 5) is 34.4. The van der Waals surface area contributed by atoms with E-state index in [1.165, 1.54) is 16.7 Å². The summed E-state index contributed by atoms with van der Waals surface area (Å²) in [6, 6.07) is -0.851. The number of Topliss-reactive ketones (excluding diaryl/α,β-unsaturated/α-hetero) is 1. The van der Waals surface area contributed by atoms with E-state index in [-0.39, 0.29) is 24.7 Å². The van der Waals surface area contributed by atoms with E-state index in [1.54, 1.807) is 0 Å². The van der Waals surface area contributed by atoms with Crippen LogP contribution >= 0.6 is 11.8 Å². The Morgan fingerprint density at radius 3 is 2.67 bits per heavy atom. The number of nitrogens with zero attached hydrogens (tertiary/aromatic N) is 1. The molecule has 0 radical (unpaired) electrons. The molecule has 15 heavy (non-hydrogen) atoms. The van der Waals surface area contributed by atoms with Crippen molar-refractivity contribution in [1.29, 1.82) is 0 Å². The fourth-order valence-electron chi connectivity index (χ4n) is 1.53. The van der Waals surface area contributed by atoms with Gasteiger partial charge in [0, 0.05) is 0 Å². The van der Waals surface area contributed by atoms with E-state index in [9.17, 15) is 14.4 Å². The summed E-state index contributed by atoms with van der Waals surface area (Å²) in [5, 5.41) is 8.95. The lowest BCUT2D eigenvalue weighted by Crippen LogP contribution is -2.42. The van der Waals surface area contributed by atoms with Gasteiger partial charge in [-0.25, -0.2) is 4.79 Å². The Morgan fingerprint density at radius 1 is 1.60 bits per heavy atom. The number of thioether (sulfide) groups is 1. The molecular weight excluding hydrogens is 218 g/mol. The van der Waals surface area contributed by atoms with Crippen LogP contribution in [0.2, 0.25) is 0 Å². The highest BCUT2D eigenvalue weighted by atomic mass is 32.2. The van der Waals surface area contributed by atoms with Gasteiger partial charge in [0.15, 0.2) is 5.78 Å². The molecule has 1 unspecified atom stereocenters. The second kappa shape index (κ2) is 5.16. The molecule has 1 amide bonds. The normalized spacial score (nSPS) is 18.3. The number of carboxylic acid groups (broad SMARTS) is 1. The zero-order valence-electron chi connectivity index (χ0n) is 8.43. The third-order valence-corrected chi connectivity index (χ3v) is 2.92. The highest BCUT2D eigenvalue weighted by Gasteiger charge is 2.36. The fraction of sp³-hybridized carbons (Fsp3) is 0.667. The molecule has 0 saturated carbocycles. The number of carbonyl (C=O) groups is 3. The highest BCUT2D eigenvalue weighted by Crippen LogP contribution is 2.15. The molecule has 0 aromatic rings. The molecule has 0 spiro atoms. The van der Waals surface area contributed by atoms with E-state index < -0.39 is 12.0 Å². The summed E-state index contributed by atoms with van der Waals surface area (Å²) in [7, 11) is 0. The van der Waals surface area contributed by atoms with Gasteiger partial charge in [0.05, 0.1) is 13.0 Å². The van der Waals surface area contributed by atoms with Gasteiger partial charge in [0.1, 0.15) is 6.04 Å². The second-order valence-corrected chi connectivity index (χ2v) is 4.36. The van der Waals surface area contributed by atoms with Crippen molar-refractivity contribution in [3.63, 3.8) is 0 Å². The van der Waals surface area contributed by atoms with Crippen LogP contribution in [0.4, 0.5) is 0 Å². The van der Waals surface area contributed by atoms with Crippen LogP contribution in [0.25, 0.3) is 0 Å². The molecule has 1 saturated heterocycles. The van der Waals surface area contributed by atoms with Gasteiger partial charge in [-0.2, -0.15) is 11.8 Å². The molecule has 5 nitrogen and oxygen atoms in total. The van der Waals surface area contributed by atoms with Crippen molar-refractivity contribution in [3.05, 3.63) is 0 Å². The topological polar surface area (TPSA) is 74.7 Å². The van der Waals surface area contributed by atoms with Gasteiger partial charge in [-0.15, -0.1) is 0 Å². The Balaban J connectivity index is 2.67. The Bertz CT molecular complexity index is 292. The quantitative estimate of drug-likeness (QED) is 0.674. The van der Waals surface area contributed by atoms with Gasteiger partial charge in [-0.05, 0) is 18.4 Å². The predicted octanol–water partition coefficient (Wildman–Crippen LogP) is -0.00590. The molecule has 0 aromatic carbocycles. The molecule has 6 heteroatoms. The van der Waals surface area contributed by atoms with Crippen molar-refractivity contribution in [2.24, 2.45) is 0 Å². The number of carbonyl (C=O) groups excluding carboxylic acids is 2. The number of likely N-dealkylation sites (tertiary alicyclic amines) is 1. The Hall–Kier alpha value is -1.04. The maximum atomic E-state index is 11.3. The van der Waals surface area contributed by atoms with E-state index in [0.29, 0.717) is 12.2 Å². The van der Waals surface area contributed by atoms with Crippen LogP contribution in [0.15, 0.2) is 0 Å². The van der Waals surface area contributed by atoms with E-state index in [1.807, 2.05) is 6.26 Å². The van der Waals surface area contributed by atoms with Crippen molar-refractivity contribution in [1.82, 2.24) is 4.90 Å². The van der Waals surface area contributed by atoms with Crippen LogP contribution in [0, 0.1) is 0 Å². The number of amides is 1. The minimum atomic E-state index is -1.04. The third kappa shape index (κ3) is 2.95. The first-order chi connectivity index (χ1) is 7.06. The van der Waals surface area contributed by atoms with Crippen molar-refractivity contribution < 1.29 is 19.5 Å². The van der Waals surface area contributed by atoms with Gasteiger partial charge >= 0.3 is 5.97 Å². The zero-order chi connectivity index (χ0) is 11.4. The summed E-state index contributed by atoms with van der Waals surface area (Å²) >= 11 is 1.52. The molecule has 1 N–H and O–H groups in total. The minimum Gasteiger partial charge on any atom is -0.480 e. The fourth-order valence-corrected chi connectivity index (χ4v) is 1.99. The molecule has 1 atom stereocenters. The number of ketones is 1. The van der Waals surface area contributed by atoms with E-state index >= 15 is 0 Å². The van der Waals surface area contributed by atoms with E-state index in [4.69, 9.17) is 5.11 Å². The summed E-state index contributed by atoms with van der Waals surface area (Å²) < 4.78 is 0. The molecule has 0 bridgehead atoms. The minimum absolute atomic E-state index is 0.0514. The third-order valence-electron chi connectivity index (χ3n) is 2.27. The van der Waals surface area contributed by atoms with Crippen LogP contribution in [-0.2, 0) is 14.4 Å². The van der Waals surface area contributed by atoms with Gasteiger partial charge < -0.3 is 10.0 Å². The zero-order valence-corrected chi connectivity index (χ0v) is 9.25. The first-order valence-corrected chi connectivity index (χ1v) is 5.98. The summed E-state index contributed by atoms with van der Waals surface area (Å²) in [5.41, 5.74) is 0. The maximum Gasteiger partial charge on any atom is 0.326 e.